The molecular formula is C23H19FN2O2. The van der Waals surface area contributed by atoms with Crippen LogP contribution in [0, 0.1) is 12.7 Å². The number of carbonyl (C=O) groups excluding carboxylic acids is 2. The van der Waals surface area contributed by atoms with Crippen LogP contribution in [0.5, 0.6) is 0 Å². The number of fused-ring (bicyclic) bond motifs is 1. The highest BCUT2D eigenvalue weighted by Crippen LogP contribution is 2.32. The van der Waals surface area contributed by atoms with Gasteiger partial charge in [0.1, 0.15) is 11.9 Å². The number of carbonyl (C=O) groups is 2. The SMILES string of the molecule is Cc1cc(F)ccc1NC(=O)C(c1ccccc1)N1Cc2ccccc2C1=O. The molecule has 0 bridgehead atoms. The van der Waals surface area contributed by atoms with Crippen LogP contribution in [-0.2, 0) is 11.3 Å². The molecule has 28 heavy (non-hydrogen) atoms. The third kappa shape index (κ3) is 3.27. The molecule has 1 unspecified atom stereocenters. The molecule has 0 fully saturated rings. The Balaban J connectivity index is 1.69. The number of anilines is 1. The summed E-state index contributed by atoms with van der Waals surface area (Å²) in [6.45, 7) is 2.09. The second-order valence-electron chi connectivity index (χ2n) is 6.85. The van der Waals surface area contributed by atoms with E-state index in [9.17, 15) is 14.0 Å². The molecule has 5 heteroatoms. The number of nitrogens with one attached hydrogen (secondary N) is 1. The molecule has 140 valence electrons. The molecule has 0 spiro atoms. The maximum atomic E-state index is 13.4. The fraction of sp³-hybridized carbons (Fsp3) is 0.130. The van der Waals surface area contributed by atoms with Gasteiger partial charge < -0.3 is 10.2 Å². The van der Waals surface area contributed by atoms with Gasteiger partial charge in [0.05, 0.1) is 0 Å². The van der Waals surface area contributed by atoms with E-state index >= 15 is 0 Å². The largest absolute Gasteiger partial charge is 0.324 e. The van der Waals surface area contributed by atoms with Gasteiger partial charge >= 0.3 is 0 Å². The van der Waals surface area contributed by atoms with Crippen LogP contribution in [-0.4, -0.2) is 16.7 Å². The fourth-order valence-electron chi connectivity index (χ4n) is 3.56. The normalized spacial score (nSPS) is 13.9. The first-order valence-corrected chi connectivity index (χ1v) is 9.05. The number of hydrogen-bond donors (Lipinski definition) is 1. The van der Waals surface area contributed by atoms with E-state index < -0.39 is 6.04 Å². The molecule has 0 radical (unpaired) electrons. The third-order valence-electron chi connectivity index (χ3n) is 4.97. The zero-order valence-corrected chi connectivity index (χ0v) is 15.4. The average molecular weight is 374 g/mol. The Bertz CT molecular complexity index is 1050. The lowest BCUT2D eigenvalue weighted by Gasteiger charge is -2.27. The van der Waals surface area contributed by atoms with E-state index in [0.29, 0.717) is 23.4 Å². The van der Waals surface area contributed by atoms with Crippen molar-refractivity contribution in [2.45, 2.75) is 19.5 Å². The van der Waals surface area contributed by atoms with E-state index in [1.165, 1.54) is 18.2 Å². The number of nitrogens with zero attached hydrogens (tertiary/aromatic N) is 1. The highest BCUT2D eigenvalue weighted by molar-refractivity contribution is 6.04. The highest BCUT2D eigenvalue weighted by Gasteiger charge is 2.37. The van der Waals surface area contributed by atoms with Crippen molar-refractivity contribution in [2.75, 3.05) is 5.32 Å². The van der Waals surface area contributed by atoms with Crippen molar-refractivity contribution in [1.82, 2.24) is 4.90 Å². The number of halogens is 1. The van der Waals surface area contributed by atoms with Crippen LogP contribution in [0.2, 0.25) is 0 Å². The summed E-state index contributed by atoms with van der Waals surface area (Å²) in [5.74, 6) is -0.863. The molecule has 3 aromatic rings. The fourth-order valence-corrected chi connectivity index (χ4v) is 3.56. The number of amides is 2. The summed E-state index contributed by atoms with van der Waals surface area (Å²) in [5, 5.41) is 2.86. The van der Waals surface area contributed by atoms with Crippen molar-refractivity contribution in [2.24, 2.45) is 0 Å². The standard InChI is InChI=1S/C23H19FN2O2/c1-15-13-18(24)11-12-20(15)25-22(27)21(16-7-3-2-4-8-16)26-14-17-9-5-6-10-19(17)23(26)28/h2-13,21H,14H2,1H3,(H,25,27). The highest BCUT2D eigenvalue weighted by atomic mass is 19.1. The predicted octanol–water partition coefficient (Wildman–Crippen LogP) is 4.47. The predicted molar refractivity (Wildman–Crippen MR) is 105 cm³/mol. The van der Waals surface area contributed by atoms with Crippen LogP contribution in [0.1, 0.15) is 33.1 Å². The minimum atomic E-state index is -0.787. The Labute approximate surface area is 162 Å². The summed E-state index contributed by atoms with van der Waals surface area (Å²) < 4.78 is 13.4. The molecule has 0 saturated heterocycles. The Hall–Kier alpha value is -3.47. The van der Waals surface area contributed by atoms with E-state index in [1.54, 1.807) is 17.9 Å². The van der Waals surface area contributed by atoms with Gasteiger partial charge in [0.2, 0.25) is 0 Å². The van der Waals surface area contributed by atoms with Gasteiger partial charge in [-0.05, 0) is 47.9 Å². The molecule has 3 aromatic carbocycles. The lowest BCUT2D eigenvalue weighted by atomic mass is 10.0. The van der Waals surface area contributed by atoms with Crippen molar-refractivity contribution in [1.29, 1.82) is 0 Å². The minimum absolute atomic E-state index is 0.171. The zero-order chi connectivity index (χ0) is 19.7. The molecule has 4 rings (SSSR count). The zero-order valence-electron chi connectivity index (χ0n) is 15.4. The summed E-state index contributed by atoms with van der Waals surface area (Å²) in [4.78, 5) is 27.8. The number of hydrogen-bond acceptors (Lipinski definition) is 2. The van der Waals surface area contributed by atoms with Crippen LogP contribution in [0.25, 0.3) is 0 Å². The molecule has 4 nitrogen and oxygen atoms in total. The smallest absolute Gasteiger partial charge is 0.255 e. The van der Waals surface area contributed by atoms with Crippen LogP contribution >= 0.6 is 0 Å². The van der Waals surface area contributed by atoms with E-state index in [2.05, 4.69) is 5.32 Å². The second kappa shape index (κ2) is 7.27. The van der Waals surface area contributed by atoms with Crippen LogP contribution < -0.4 is 5.32 Å². The molecule has 1 N–H and O–H groups in total. The molecule has 1 heterocycles. The van der Waals surface area contributed by atoms with E-state index in [-0.39, 0.29) is 17.6 Å². The van der Waals surface area contributed by atoms with Crippen molar-refractivity contribution < 1.29 is 14.0 Å². The van der Waals surface area contributed by atoms with Crippen molar-refractivity contribution in [3.05, 3.63) is 101 Å². The van der Waals surface area contributed by atoms with Gasteiger partial charge in [-0.15, -0.1) is 0 Å². The maximum absolute atomic E-state index is 13.4. The average Bonchev–Trinajstić information content (AvgIpc) is 3.02. The number of aryl methyl sites for hydroxylation is 1. The van der Waals surface area contributed by atoms with E-state index in [0.717, 1.165) is 11.1 Å². The van der Waals surface area contributed by atoms with Gasteiger partial charge in [0.25, 0.3) is 11.8 Å². The summed E-state index contributed by atoms with van der Waals surface area (Å²) in [6, 6.07) is 20.0. The quantitative estimate of drug-likeness (QED) is 0.732. The van der Waals surface area contributed by atoms with Crippen LogP contribution in [0.15, 0.2) is 72.8 Å². The van der Waals surface area contributed by atoms with Gasteiger partial charge in [-0.25, -0.2) is 4.39 Å². The molecule has 0 saturated carbocycles. The second-order valence-corrected chi connectivity index (χ2v) is 6.85. The van der Waals surface area contributed by atoms with E-state index in [1.807, 2.05) is 48.5 Å². The first kappa shape index (κ1) is 17.9. The summed E-state index contributed by atoms with van der Waals surface area (Å²) in [7, 11) is 0. The Morgan fingerprint density at radius 3 is 2.46 bits per heavy atom. The topological polar surface area (TPSA) is 49.4 Å². The maximum Gasteiger partial charge on any atom is 0.255 e. The monoisotopic (exact) mass is 374 g/mol. The van der Waals surface area contributed by atoms with Crippen LogP contribution in [0.3, 0.4) is 0 Å². The van der Waals surface area contributed by atoms with Crippen LogP contribution in [0.4, 0.5) is 10.1 Å². The van der Waals surface area contributed by atoms with Gasteiger partial charge in [0.15, 0.2) is 0 Å². The molecule has 1 atom stereocenters. The minimum Gasteiger partial charge on any atom is -0.324 e. The van der Waals surface area contributed by atoms with Crippen molar-refractivity contribution in [3.8, 4) is 0 Å². The summed E-state index contributed by atoms with van der Waals surface area (Å²) in [6.07, 6.45) is 0. The van der Waals surface area contributed by atoms with Crippen molar-refractivity contribution in [3.63, 3.8) is 0 Å². The molecule has 0 aliphatic carbocycles. The molecule has 1 aliphatic heterocycles. The Morgan fingerprint density at radius 2 is 1.75 bits per heavy atom. The third-order valence-corrected chi connectivity index (χ3v) is 4.97. The molecular weight excluding hydrogens is 355 g/mol. The van der Waals surface area contributed by atoms with Crippen molar-refractivity contribution >= 4 is 17.5 Å². The molecule has 0 aromatic heterocycles. The molecule has 1 aliphatic rings. The van der Waals surface area contributed by atoms with Gasteiger partial charge in [0, 0.05) is 17.8 Å². The van der Waals surface area contributed by atoms with Gasteiger partial charge in [-0.2, -0.15) is 0 Å². The first-order valence-electron chi connectivity index (χ1n) is 9.05. The molecule has 2 amide bonds. The van der Waals surface area contributed by atoms with E-state index in [4.69, 9.17) is 0 Å². The first-order chi connectivity index (χ1) is 13.5. The number of benzene rings is 3. The van der Waals surface area contributed by atoms with Gasteiger partial charge in [-0.1, -0.05) is 48.5 Å². The summed E-state index contributed by atoms with van der Waals surface area (Å²) in [5.41, 5.74) is 3.39. The lowest BCUT2D eigenvalue weighted by Crippen LogP contribution is -2.37. The Kier molecular flexibility index (Phi) is 4.65. The van der Waals surface area contributed by atoms with Gasteiger partial charge in [-0.3, -0.25) is 9.59 Å². The Morgan fingerprint density at radius 1 is 1.04 bits per heavy atom. The summed E-state index contributed by atoms with van der Waals surface area (Å²) >= 11 is 0. The number of rotatable bonds is 4. The lowest BCUT2D eigenvalue weighted by molar-refractivity contribution is -0.120.